The minimum Gasteiger partial charge on any atom is -0.467 e. The molecule has 4 aromatic rings. The Morgan fingerprint density at radius 1 is 1.13 bits per heavy atom. The summed E-state index contributed by atoms with van der Waals surface area (Å²) in [5.74, 6) is 1.51. The number of hydrogen-bond acceptors (Lipinski definition) is 5. The van der Waals surface area contributed by atoms with E-state index in [1.807, 2.05) is 30.3 Å². The quantitative estimate of drug-likeness (QED) is 0.285. The molecule has 0 fully saturated rings. The summed E-state index contributed by atoms with van der Waals surface area (Å²) >= 11 is 3.29. The fourth-order valence-electron chi connectivity index (χ4n) is 3.90. The van der Waals surface area contributed by atoms with Gasteiger partial charge in [0.2, 0.25) is 0 Å². The van der Waals surface area contributed by atoms with E-state index in [9.17, 15) is 4.79 Å². The van der Waals surface area contributed by atoms with Crippen molar-refractivity contribution < 1.29 is 4.42 Å². The number of aryl methyl sites for hydroxylation is 2. The van der Waals surface area contributed by atoms with Gasteiger partial charge in [-0.05, 0) is 48.9 Å². The zero-order valence-electron chi connectivity index (χ0n) is 16.5. The van der Waals surface area contributed by atoms with Crippen LogP contribution in [0, 0.1) is 0 Å². The van der Waals surface area contributed by atoms with Gasteiger partial charge in [-0.1, -0.05) is 54.2 Å². The van der Waals surface area contributed by atoms with Gasteiger partial charge in [0, 0.05) is 10.6 Å². The van der Waals surface area contributed by atoms with Crippen molar-refractivity contribution in [1.29, 1.82) is 0 Å². The molecule has 152 valence electrons. The first-order valence-corrected chi connectivity index (χ1v) is 12.0. The molecule has 1 aliphatic rings. The number of nitrogens with zero attached hydrogens (tertiary/aromatic N) is 2. The molecule has 0 saturated carbocycles. The highest BCUT2D eigenvalue weighted by molar-refractivity contribution is 7.99. The van der Waals surface area contributed by atoms with Gasteiger partial charge in [-0.25, -0.2) is 4.98 Å². The van der Waals surface area contributed by atoms with E-state index < -0.39 is 0 Å². The maximum absolute atomic E-state index is 13.5. The number of thioether (sulfide) groups is 1. The van der Waals surface area contributed by atoms with Crippen molar-refractivity contribution in [3.8, 4) is 0 Å². The van der Waals surface area contributed by atoms with Crippen molar-refractivity contribution in [3.05, 3.63) is 86.9 Å². The van der Waals surface area contributed by atoms with Crippen LogP contribution in [0.4, 0.5) is 0 Å². The predicted molar refractivity (Wildman–Crippen MR) is 125 cm³/mol. The molecule has 0 saturated heterocycles. The smallest absolute Gasteiger partial charge is 0.263 e. The minimum atomic E-state index is 0.0605. The lowest BCUT2D eigenvalue weighted by molar-refractivity contribution is 0.476. The summed E-state index contributed by atoms with van der Waals surface area (Å²) in [7, 11) is 0. The number of thiophene rings is 1. The summed E-state index contributed by atoms with van der Waals surface area (Å²) in [6.07, 6.45) is 10.3. The number of aromatic nitrogens is 2. The standard InChI is InChI=1S/C24H22N2O2S2/c27-23-21-19-12-4-5-13-20(19)30-22(21)25-24(26(23)16-18-11-6-14-28-18)29-15-7-10-17-8-2-1-3-9-17/h1-3,6-11,14H,4-5,12-13,15-16H2. The Morgan fingerprint density at radius 2 is 2.00 bits per heavy atom. The highest BCUT2D eigenvalue weighted by atomic mass is 32.2. The largest absolute Gasteiger partial charge is 0.467 e. The zero-order chi connectivity index (χ0) is 20.3. The molecule has 0 radical (unpaired) electrons. The first-order chi connectivity index (χ1) is 14.8. The number of benzene rings is 1. The second-order valence-corrected chi connectivity index (χ2v) is 9.45. The van der Waals surface area contributed by atoms with Crippen LogP contribution in [0.15, 0.2) is 69.2 Å². The second-order valence-electron chi connectivity index (χ2n) is 7.38. The number of furan rings is 1. The van der Waals surface area contributed by atoms with Gasteiger partial charge in [-0.15, -0.1) is 11.3 Å². The highest BCUT2D eigenvalue weighted by Gasteiger charge is 2.22. The molecule has 0 atom stereocenters. The van der Waals surface area contributed by atoms with E-state index in [2.05, 4.69) is 24.3 Å². The van der Waals surface area contributed by atoms with Gasteiger partial charge in [0.05, 0.1) is 18.2 Å². The first-order valence-electron chi connectivity index (χ1n) is 10.2. The van der Waals surface area contributed by atoms with Crippen LogP contribution in [0.25, 0.3) is 16.3 Å². The van der Waals surface area contributed by atoms with E-state index in [0.717, 1.165) is 46.1 Å². The van der Waals surface area contributed by atoms with Gasteiger partial charge in [-0.2, -0.15) is 0 Å². The van der Waals surface area contributed by atoms with Crippen molar-refractivity contribution in [1.82, 2.24) is 9.55 Å². The summed E-state index contributed by atoms with van der Waals surface area (Å²) in [5, 5.41) is 1.57. The van der Waals surface area contributed by atoms with Gasteiger partial charge in [0.25, 0.3) is 5.56 Å². The Hall–Kier alpha value is -2.57. The number of hydrogen-bond donors (Lipinski definition) is 0. The van der Waals surface area contributed by atoms with E-state index >= 15 is 0 Å². The van der Waals surface area contributed by atoms with Crippen molar-refractivity contribution in [2.75, 3.05) is 5.75 Å². The van der Waals surface area contributed by atoms with Crippen LogP contribution in [-0.4, -0.2) is 15.3 Å². The van der Waals surface area contributed by atoms with Crippen LogP contribution in [0.2, 0.25) is 0 Å². The number of rotatable bonds is 6. The lowest BCUT2D eigenvalue weighted by Crippen LogP contribution is -2.24. The van der Waals surface area contributed by atoms with Gasteiger partial charge in [0.15, 0.2) is 5.16 Å². The van der Waals surface area contributed by atoms with E-state index in [0.29, 0.717) is 6.54 Å². The molecule has 5 rings (SSSR count). The van der Waals surface area contributed by atoms with Crippen LogP contribution in [0.5, 0.6) is 0 Å². The molecule has 1 aromatic carbocycles. The van der Waals surface area contributed by atoms with E-state index in [1.54, 1.807) is 33.9 Å². The Labute approximate surface area is 183 Å². The van der Waals surface area contributed by atoms with Crippen molar-refractivity contribution >= 4 is 39.4 Å². The third-order valence-electron chi connectivity index (χ3n) is 5.35. The average molecular weight is 435 g/mol. The lowest BCUT2D eigenvalue weighted by Gasteiger charge is -2.12. The molecule has 0 aliphatic heterocycles. The zero-order valence-corrected chi connectivity index (χ0v) is 18.2. The molecule has 0 N–H and O–H groups in total. The summed E-state index contributed by atoms with van der Waals surface area (Å²) in [6.45, 7) is 0.407. The Balaban J connectivity index is 1.50. The van der Waals surface area contributed by atoms with Crippen LogP contribution >= 0.6 is 23.1 Å². The molecular formula is C24H22N2O2S2. The van der Waals surface area contributed by atoms with E-state index in [1.165, 1.54) is 22.4 Å². The fourth-order valence-corrected chi connectivity index (χ4v) is 6.01. The van der Waals surface area contributed by atoms with Gasteiger partial charge < -0.3 is 4.42 Å². The monoisotopic (exact) mass is 434 g/mol. The normalized spacial score (nSPS) is 13.9. The number of fused-ring (bicyclic) bond motifs is 3. The summed E-state index contributed by atoms with van der Waals surface area (Å²) in [4.78, 5) is 20.7. The van der Waals surface area contributed by atoms with E-state index in [-0.39, 0.29) is 5.56 Å². The van der Waals surface area contributed by atoms with Crippen molar-refractivity contribution in [2.24, 2.45) is 0 Å². The maximum Gasteiger partial charge on any atom is 0.263 e. The van der Waals surface area contributed by atoms with Crippen molar-refractivity contribution in [2.45, 2.75) is 37.4 Å². The average Bonchev–Trinajstić information content (AvgIpc) is 3.42. The van der Waals surface area contributed by atoms with Gasteiger partial charge in [-0.3, -0.25) is 9.36 Å². The minimum absolute atomic E-state index is 0.0605. The molecule has 6 heteroatoms. The third-order valence-corrected chi connectivity index (χ3v) is 7.47. The van der Waals surface area contributed by atoms with Crippen LogP contribution in [-0.2, 0) is 19.4 Å². The molecule has 1 aliphatic carbocycles. The molecule has 30 heavy (non-hydrogen) atoms. The second kappa shape index (κ2) is 8.66. The van der Waals surface area contributed by atoms with Gasteiger partial charge >= 0.3 is 0 Å². The van der Waals surface area contributed by atoms with Crippen molar-refractivity contribution in [3.63, 3.8) is 0 Å². The molecule has 4 nitrogen and oxygen atoms in total. The molecule has 0 amide bonds. The molecule has 3 heterocycles. The first kappa shape index (κ1) is 19.4. The van der Waals surface area contributed by atoms with E-state index in [4.69, 9.17) is 9.40 Å². The van der Waals surface area contributed by atoms with Crippen LogP contribution in [0.3, 0.4) is 0 Å². The third kappa shape index (κ3) is 3.89. The summed E-state index contributed by atoms with van der Waals surface area (Å²) in [6, 6.07) is 14.0. The lowest BCUT2D eigenvalue weighted by atomic mass is 9.97. The summed E-state index contributed by atoms with van der Waals surface area (Å²) in [5.41, 5.74) is 2.46. The van der Waals surface area contributed by atoms with Gasteiger partial charge in [0.1, 0.15) is 10.6 Å². The van der Waals surface area contributed by atoms with Crippen LogP contribution < -0.4 is 5.56 Å². The topological polar surface area (TPSA) is 48.0 Å². The molecule has 0 unspecified atom stereocenters. The Kier molecular flexibility index (Phi) is 5.60. The van der Waals surface area contributed by atoms with Crippen LogP contribution in [0.1, 0.15) is 34.6 Å². The fraction of sp³-hybridized carbons (Fsp3) is 0.250. The maximum atomic E-state index is 13.5. The highest BCUT2D eigenvalue weighted by Crippen LogP contribution is 2.34. The molecular weight excluding hydrogens is 412 g/mol. The Morgan fingerprint density at radius 3 is 2.83 bits per heavy atom. The molecule has 0 spiro atoms. The molecule has 3 aromatic heterocycles. The SMILES string of the molecule is O=c1c2c3c(sc2nc(SCC=Cc2ccccc2)n1Cc1ccco1)CCCC3. The summed E-state index contributed by atoms with van der Waals surface area (Å²) < 4.78 is 7.31. The Bertz CT molecular complexity index is 1240. The molecule has 0 bridgehead atoms. The predicted octanol–water partition coefficient (Wildman–Crippen LogP) is 5.78.